The predicted molar refractivity (Wildman–Crippen MR) is 135 cm³/mol. The molecule has 1 unspecified atom stereocenters. The molecule has 1 aliphatic carbocycles. The molecule has 9 heteroatoms. The van der Waals surface area contributed by atoms with Gasteiger partial charge in [-0.1, -0.05) is 35.3 Å². The molecule has 1 atom stereocenters. The van der Waals surface area contributed by atoms with Crippen molar-refractivity contribution in [3.63, 3.8) is 0 Å². The molecule has 2 aromatic carbocycles. The first-order valence-electron chi connectivity index (χ1n) is 10.9. The lowest BCUT2D eigenvalue weighted by Gasteiger charge is -2.37. The van der Waals surface area contributed by atoms with E-state index in [-0.39, 0.29) is 25.0 Å². The van der Waals surface area contributed by atoms with Gasteiger partial charge < -0.3 is 25.0 Å². The molecule has 2 aromatic rings. The largest absolute Gasteiger partial charge is 0.484 e. The molecule has 3 rings (SSSR count). The molecule has 0 aliphatic heterocycles. The van der Waals surface area contributed by atoms with Crippen LogP contribution in [0.25, 0.3) is 0 Å². The van der Waals surface area contributed by atoms with Crippen LogP contribution >= 0.6 is 23.2 Å². The molecule has 34 heavy (non-hydrogen) atoms. The first-order chi connectivity index (χ1) is 16.1. The fourth-order valence-electron chi connectivity index (χ4n) is 3.54. The number of amides is 2. The Bertz CT molecular complexity index is 1070. The molecule has 0 bridgehead atoms. The van der Waals surface area contributed by atoms with E-state index in [4.69, 9.17) is 32.7 Å². The normalized spacial score (nSPS) is 16.8. The lowest BCUT2D eigenvalue weighted by atomic mass is 9.84. The minimum absolute atomic E-state index is 0.0225. The van der Waals surface area contributed by atoms with E-state index >= 15 is 0 Å². The fraction of sp³-hybridized carbons (Fsp3) is 0.360. The van der Waals surface area contributed by atoms with Crippen molar-refractivity contribution in [1.29, 1.82) is 0 Å². The summed E-state index contributed by atoms with van der Waals surface area (Å²) in [7, 11) is 3.99. The van der Waals surface area contributed by atoms with Crippen LogP contribution in [0.15, 0.2) is 54.2 Å². The van der Waals surface area contributed by atoms with Crippen molar-refractivity contribution >= 4 is 40.7 Å². The van der Waals surface area contributed by atoms with Crippen molar-refractivity contribution in [3.8, 4) is 5.75 Å². The number of benzene rings is 2. The Hall–Kier alpha value is -2.74. The highest BCUT2D eigenvalue weighted by Gasteiger charge is 2.34. The van der Waals surface area contributed by atoms with Gasteiger partial charge in [-0.2, -0.15) is 0 Å². The molecule has 0 saturated heterocycles. The smallest absolute Gasteiger partial charge is 0.258 e. The number of nitrogens with one attached hydrogen (secondary N) is 2. The molecular weight excluding hydrogens is 477 g/mol. The van der Waals surface area contributed by atoms with E-state index in [0.29, 0.717) is 28.8 Å². The predicted octanol–water partition coefficient (Wildman–Crippen LogP) is 3.98. The highest BCUT2D eigenvalue weighted by Crippen LogP contribution is 2.29. The summed E-state index contributed by atoms with van der Waals surface area (Å²) >= 11 is 11.8. The minimum atomic E-state index is -0.543. The highest BCUT2D eigenvalue weighted by atomic mass is 35.5. The van der Waals surface area contributed by atoms with Gasteiger partial charge in [-0.3, -0.25) is 9.59 Å². The van der Waals surface area contributed by atoms with Crippen LogP contribution in [-0.4, -0.2) is 51.3 Å². The third-order valence-electron chi connectivity index (χ3n) is 5.23. The van der Waals surface area contributed by atoms with E-state index in [2.05, 4.69) is 16.7 Å². The summed E-state index contributed by atoms with van der Waals surface area (Å²) in [6.07, 6.45) is 3.05. The second-order valence-electron chi connectivity index (χ2n) is 8.59. The molecule has 0 fully saturated rings. The third kappa shape index (κ3) is 7.65. The zero-order valence-corrected chi connectivity index (χ0v) is 21.0. The Morgan fingerprint density at radius 1 is 1.06 bits per heavy atom. The summed E-state index contributed by atoms with van der Waals surface area (Å²) in [6.45, 7) is 2.15. The maximum atomic E-state index is 12.2. The molecule has 7 nitrogen and oxygen atoms in total. The Kier molecular flexibility index (Phi) is 8.83. The summed E-state index contributed by atoms with van der Waals surface area (Å²) in [5, 5.41) is 6.48. The van der Waals surface area contributed by atoms with E-state index in [1.807, 2.05) is 50.2 Å². The van der Waals surface area contributed by atoms with Crippen LogP contribution in [0.5, 0.6) is 5.75 Å². The van der Waals surface area contributed by atoms with Crippen LogP contribution in [0, 0.1) is 0 Å². The Morgan fingerprint density at radius 2 is 1.82 bits per heavy atom. The van der Waals surface area contributed by atoms with E-state index in [1.54, 1.807) is 18.2 Å². The third-order valence-corrected chi connectivity index (χ3v) is 5.97. The summed E-state index contributed by atoms with van der Waals surface area (Å²) in [4.78, 5) is 26.4. The molecule has 1 aliphatic rings. The van der Waals surface area contributed by atoms with Crippen molar-refractivity contribution in [2.75, 3.05) is 38.8 Å². The van der Waals surface area contributed by atoms with Crippen LogP contribution in [0.1, 0.15) is 18.9 Å². The summed E-state index contributed by atoms with van der Waals surface area (Å²) < 4.78 is 11.0. The van der Waals surface area contributed by atoms with Gasteiger partial charge in [0.05, 0.1) is 22.2 Å². The first kappa shape index (κ1) is 25.9. The second-order valence-corrected chi connectivity index (χ2v) is 9.41. The van der Waals surface area contributed by atoms with Crippen LogP contribution < -0.4 is 20.3 Å². The lowest BCUT2D eigenvalue weighted by Crippen LogP contribution is -2.53. The van der Waals surface area contributed by atoms with Gasteiger partial charge in [0.15, 0.2) is 6.61 Å². The molecule has 0 spiro atoms. The molecule has 182 valence electrons. The topological polar surface area (TPSA) is 79.9 Å². The van der Waals surface area contributed by atoms with Crippen molar-refractivity contribution in [1.82, 2.24) is 10.6 Å². The molecule has 0 heterocycles. The number of anilines is 1. The standard InChI is InChI=1S/C25H29Cl2N3O4/c1-25(29-24(32)16-34-20-7-8-21(26)22(27)12-20)13-18(14-25)28-23(31)15-33-10-9-17-5-4-6-19(11-17)30(2)3/h4-8,11-13H,9-10,14-16H2,1-3H3,(H,28,31)(H,29,32). The van der Waals surface area contributed by atoms with Crippen LogP contribution in [0.4, 0.5) is 5.69 Å². The average Bonchev–Trinajstić information content (AvgIpc) is 2.76. The van der Waals surface area contributed by atoms with Gasteiger partial charge in [0.2, 0.25) is 5.91 Å². The monoisotopic (exact) mass is 505 g/mol. The lowest BCUT2D eigenvalue weighted by molar-refractivity contribution is -0.125. The van der Waals surface area contributed by atoms with Crippen LogP contribution in [0.3, 0.4) is 0 Å². The number of hydrogen-bond donors (Lipinski definition) is 2. The summed E-state index contributed by atoms with van der Waals surface area (Å²) in [6, 6.07) is 13.0. The van der Waals surface area contributed by atoms with Crippen molar-refractivity contribution in [2.24, 2.45) is 0 Å². The van der Waals surface area contributed by atoms with Gasteiger partial charge in [-0.15, -0.1) is 0 Å². The number of rotatable bonds is 11. The Balaban J connectivity index is 1.34. The van der Waals surface area contributed by atoms with E-state index < -0.39 is 5.54 Å². The zero-order valence-electron chi connectivity index (χ0n) is 19.5. The van der Waals surface area contributed by atoms with Gasteiger partial charge in [-0.05, 0) is 49.2 Å². The van der Waals surface area contributed by atoms with E-state index in [9.17, 15) is 9.59 Å². The van der Waals surface area contributed by atoms with Gasteiger partial charge in [-0.25, -0.2) is 0 Å². The number of nitrogens with zero attached hydrogens (tertiary/aromatic N) is 1. The number of halogens is 2. The molecular formula is C25H29Cl2N3O4. The van der Waals surface area contributed by atoms with Gasteiger partial charge in [0.25, 0.3) is 5.91 Å². The van der Waals surface area contributed by atoms with E-state index in [1.165, 1.54) is 0 Å². The highest BCUT2D eigenvalue weighted by molar-refractivity contribution is 6.42. The molecule has 0 aromatic heterocycles. The zero-order chi connectivity index (χ0) is 24.7. The number of ether oxygens (including phenoxy) is 2. The quantitative estimate of drug-likeness (QED) is 0.451. The van der Waals surface area contributed by atoms with Gasteiger partial charge >= 0.3 is 0 Å². The van der Waals surface area contributed by atoms with Crippen molar-refractivity contribution in [2.45, 2.75) is 25.3 Å². The van der Waals surface area contributed by atoms with Crippen molar-refractivity contribution < 1.29 is 19.1 Å². The number of hydrogen-bond acceptors (Lipinski definition) is 5. The number of carbonyl (C=O) groups is 2. The Labute approximate surface area is 210 Å². The summed E-state index contributed by atoms with van der Waals surface area (Å²) in [5.41, 5.74) is 2.49. The Morgan fingerprint density at radius 3 is 2.53 bits per heavy atom. The van der Waals surface area contributed by atoms with Gasteiger partial charge in [0, 0.05) is 38.0 Å². The van der Waals surface area contributed by atoms with Crippen LogP contribution in [0.2, 0.25) is 10.0 Å². The maximum absolute atomic E-state index is 12.2. The maximum Gasteiger partial charge on any atom is 0.258 e. The SMILES string of the molecule is CN(C)c1cccc(CCOCC(=O)NC2=CC(C)(NC(=O)COc3ccc(Cl)c(Cl)c3)C2)c1. The van der Waals surface area contributed by atoms with Crippen LogP contribution in [-0.2, 0) is 20.7 Å². The molecule has 2 N–H and O–H groups in total. The van der Waals surface area contributed by atoms with E-state index in [0.717, 1.165) is 23.4 Å². The molecule has 0 radical (unpaired) electrons. The average molecular weight is 506 g/mol. The minimum Gasteiger partial charge on any atom is -0.484 e. The molecule has 0 saturated carbocycles. The second kappa shape index (κ2) is 11.6. The van der Waals surface area contributed by atoms with Gasteiger partial charge in [0.1, 0.15) is 12.4 Å². The summed E-state index contributed by atoms with van der Waals surface area (Å²) in [5.74, 6) is -0.0429. The molecule has 2 amide bonds. The first-order valence-corrected chi connectivity index (χ1v) is 11.6. The number of carbonyl (C=O) groups excluding carboxylic acids is 2. The fourth-order valence-corrected chi connectivity index (χ4v) is 3.83. The van der Waals surface area contributed by atoms with Crippen molar-refractivity contribution in [3.05, 3.63) is 69.8 Å².